The second-order valence-electron chi connectivity index (χ2n) is 5.07. The zero-order chi connectivity index (χ0) is 15.2. The summed E-state index contributed by atoms with van der Waals surface area (Å²) in [5, 5.41) is 8.75. The Morgan fingerprint density at radius 1 is 1.00 bits per heavy atom. The maximum atomic E-state index is 14.2. The van der Waals surface area contributed by atoms with Gasteiger partial charge in [0.2, 0.25) is 0 Å². The molecule has 0 amide bonds. The fourth-order valence-corrected chi connectivity index (χ4v) is 2.29. The predicted molar refractivity (Wildman–Crippen MR) is 79.7 cm³/mol. The van der Waals surface area contributed by atoms with Gasteiger partial charge in [0.25, 0.3) is 0 Å². The number of nitrogens with zero attached hydrogens (tertiary/aromatic N) is 1. The van der Waals surface area contributed by atoms with E-state index in [4.69, 9.17) is 5.26 Å². The summed E-state index contributed by atoms with van der Waals surface area (Å²) in [7, 11) is 0. The Kier molecular flexibility index (Phi) is 5.05. The predicted octanol–water partition coefficient (Wildman–Crippen LogP) is 5.24. The van der Waals surface area contributed by atoms with Crippen molar-refractivity contribution in [2.45, 2.75) is 32.6 Å². The Hall–Kier alpha value is -2.21. The van der Waals surface area contributed by atoms with Crippen LogP contribution in [0.2, 0.25) is 0 Å². The van der Waals surface area contributed by atoms with Gasteiger partial charge in [0.1, 0.15) is 11.6 Å². The van der Waals surface area contributed by atoms with Gasteiger partial charge < -0.3 is 0 Å². The van der Waals surface area contributed by atoms with E-state index in [0.29, 0.717) is 23.1 Å². The largest absolute Gasteiger partial charge is 0.207 e. The lowest BCUT2D eigenvalue weighted by molar-refractivity contribution is 0.579. The van der Waals surface area contributed by atoms with Gasteiger partial charge in [-0.15, -0.1) is 0 Å². The first kappa shape index (κ1) is 15.2. The third-order valence-corrected chi connectivity index (χ3v) is 3.51. The first-order chi connectivity index (χ1) is 10.2. The molecule has 3 heteroatoms. The second kappa shape index (κ2) is 6.99. The Bertz CT molecular complexity index is 654. The molecule has 108 valence electrons. The molecule has 2 aromatic carbocycles. The fraction of sp³-hybridized carbons (Fsp3) is 0.278. The van der Waals surface area contributed by atoms with Gasteiger partial charge in [-0.25, -0.2) is 8.78 Å². The number of hydrogen-bond acceptors (Lipinski definition) is 1. The van der Waals surface area contributed by atoms with Crippen LogP contribution in [0.1, 0.15) is 37.3 Å². The molecule has 0 unspecified atom stereocenters. The van der Waals surface area contributed by atoms with Crippen LogP contribution in [-0.2, 0) is 6.42 Å². The Labute approximate surface area is 123 Å². The van der Waals surface area contributed by atoms with Crippen LogP contribution in [0.15, 0.2) is 36.4 Å². The van der Waals surface area contributed by atoms with Gasteiger partial charge in [-0.3, -0.25) is 0 Å². The fourth-order valence-electron chi connectivity index (χ4n) is 2.29. The number of halogens is 2. The highest BCUT2D eigenvalue weighted by atomic mass is 19.1. The van der Waals surface area contributed by atoms with Crippen molar-refractivity contribution in [3.63, 3.8) is 0 Å². The van der Waals surface area contributed by atoms with E-state index in [1.807, 2.05) is 6.07 Å². The zero-order valence-corrected chi connectivity index (χ0v) is 12.0. The molecule has 0 atom stereocenters. The summed E-state index contributed by atoms with van der Waals surface area (Å²) in [5.74, 6) is -0.792. The van der Waals surface area contributed by atoms with Crippen molar-refractivity contribution in [3.8, 4) is 17.2 Å². The lowest BCUT2D eigenvalue weighted by atomic mass is 9.99. The van der Waals surface area contributed by atoms with Gasteiger partial charge in [-0.1, -0.05) is 31.9 Å². The number of nitriles is 1. The highest BCUT2D eigenvalue weighted by molar-refractivity contribution is 5.65. The van der Waals surface area contributed by atoms with Crippen LogP contribution in [0.25, 0.3) is 11.1 Å². The van der Waals surface area contributed by atoms with E-state index in [-0.39, 0.29) is 11.4 Å². The van der Waals surface area contributed by atoms with Gasteiger partial charge in [-0.2, -0.15) is 5.26 Å². The number of benzene rings is 2. The molecule has 0 aliphatic rings. The van der Waals surface area contributed by atoms with Crippen molar-refractivity contribution in [3.05, 3.63) is 59.2 Å². The number of unbranched alkanes of at least 4 members (excludes halogenated alkanes) is 2. The molecule has 1 nitrogen and oxygen atoms in total. The molecule has 0 aromatic heterocycles. The van der Waals surface area contributed by atoms with E-state index in [2.05, 4.69) is 6.92 Å². The van der Waals surface area contributed by atoms with Crippen molar-refractivity contribution in [1.82, 2.24) is 0 Å². The minimum absolute atomic E-state index is 0.233. The van der Waals surface area contributed by atoms with Gasteiger partial charge in [0, 0.05) is 5.56 Å². The third-order valence-electron chi connectivity index (χ3n) is 3.51. The van der Waals surface area contributed by atoms with E-state index in [1.54, 1.807) is 24.3 Å². The average Bonchev–Trinajstić information content (AvgIpc) is 2.51. The van der Waals surface area contributed by atoms with E-state index in [1.165, 1.54) is 12.1 Å². The van der Waals surface area contributed by atoms with Gasteiger partial charge in [0.15, 0.2) is 0 Å². The maximum absolute atomic E-state index is 14.2. The monoisotopic (exact) mass is 285 g/mol. The van der Waals surface area contributed by atoms with Crippen molar-refractivity contribution >= 4 is 0 Å². The molecule has 2 rings (SSSR count). The number of aryl methyl sites for hydroxylation is 1. The molecule has 0 heterocycles. The number of rotatable bonds is 5. The van der Waals surface area contributed by atoms with Crippen LogP contribution in [0.5, 0.6) is 0 Å². The minimum Gasteiger partial charge on any atom is -0.207 e. The van der Waals surface area contributed by atoms with E-state index in [9.17, 15) is 8.78 Å². The Morgan fingerprint density at radius 2 is 1.71 bits per heavy atom. The summed E-state index contributed by atoms with van der Waals surface area (Å²) in [6, 6.07) is 11.0. The summed E-state index contributed by atoms with van der Waals surface area (Å²) in [6.45, 7) is 2.07. The highest BCUT2D eigenvalue weighted by Gasteiger charge is 2.11. The minimum atomic E-state index is -0.424. The molecule has 0 radical (unpaired) electrons. The molecule has 0 saturated carbocycles. The van der Waals surface area contributed by atoms with Gasteiger partial charge >= 0.3 is 0 Å². The van der Waals surface area contributed by atoms with Crippen LogP contribution in [0.4, 0.5) is 8.78 Å². The molecule has 0 bridgehead atoms. The van der Waals surface area contributed by atoms with Gasteiger partial charge in [-0.05, 0) is 48.2 Å². The lowest BCUT2D eigenvalue weighted by Crippen LogP contribution is -1.95. The normalized spacial score (nSPS) is 10.4. The maximum Gasteiger partial charge on any atom is 0.131 e. The van der Waals surface area contributed by atoms with Crippen LogP contribution in [-0.4, -0.2) is 0 Å². The molecule has 0 fully saturated rings. The van der Waals surface area contributed by atoms with Crippen molar-refractivity contribution in [2.24, 2.45) is 0 Å². The van der Waals surface area contributed by atoms with Crippen molar-refractivity contribution in [2.75, 3.05) is 0 Å². The first-order valence-electron chi connectivity index (χ1n) is 7.14. The lowest BCUT2D eigenvalue weighted by Gasteiger charge is -2.08. The van der Waals surface area contributed by atoms with Crippen molar-refractivity contribution < 1.29 is 8.78 Å². The summed E-state index contributed by atoms with van der Waals surface area (Å²) in [4.78, 5) is 0. The molecule has 0 spiro atoms. The second-order valence-corrected chi connectivity index (χ2v) is 5.07. The smallest absolute Gasteiger partial charge is 0.131 e. The zero-order valence-electron chi connectivity index (χ0n) is 12.0. The topological polar surface area (TPSA) is 23.8 Å². The molecule has 0 saturated heterocycles. The Morgan fingerprint density at radius 3 is 2.33 bits per heavy atom. The summed E-state index contributed by atoms with van der Waals surface area (Å²) >= 11 is 0. The highest BCUT2D eigenvalue weighted by Crippen LogP contribution is 2.26. The summed E-state index contributed by atoms with van der Waals surface area (Å²) in [5.41, 5.74) is 1.73. The van der Waals surface area contributed by atoms with Crippen molar-refractivity contribution in [1.29, 1.82) is 5.26 Å². The average molecular weight is 285 g/mol. The first-order valence-corrected chi connectivity index (χ1v) is 7.14. The molecule has 2 aromatic rings. The number of hydrogen-bond donors (Lipinski definition) is 0. The van der Waals surface area contributed by atoms with E-state index >= 15 is 0 Å². The quantitative estimate of drug-likeness (QED) is 0.689. The molecular weight excluding hydrogens is 268 g/mol. The van der Waals surface area contributed by atoms with Crippen LogP contribution in [0.3, 0.4) is 0 Å². The third kappa shape index (κ3) is 3.66. The molecule has 21 heavy (non-hydrogen) atoms. The SMILES string of the molecule is CCCCCc1cc(F)c(-c2ccc(C#N)cc2)cc1F. The van der Waals surface area contributed by atoms with Crippen LogP contribution < -0.4 is 0 Å². The molecule has 0 aliphatic carbocycles. The molecular formula is C18H17F2N. The molecule has 0 aliphatic heterocycles. The van der Waals surface area contributed by atoms with Gasteiger partial charge in [0.05, 0.1) is 11.6 Å². The summed E-state index contributed by atoms with van der Waals surface area (Å²) in [6.07, 6.45) is 3.49. The van der Waals surface area contributed by atoms with E-state index in [0.717, 1.165) is 19.3 Å². The van der Waals surface area contributed by atoms with Crippen LogP contribution in [0, 0.1) is 23.0 Å². The summed E-state index contributed by atoms with van der Waals surface area (Å²) < 4.78 is 28.2. The van der Waals surface area contributed by atoms with E-state index < -0.39 is 5.82 Å². The van der Waals surface area contributed by atoms with Crippen LogP contribution >= 0.6 is 0 Å². The standard InChI is InChI=1S/C18H17F2N/c1-2-3-4-5-15-10-18(20)16(11-17(15)19)14-8-6-13(12-21)7-9-14/h6-11H,2-5H2,1H3. The Balaban J connectivity index is 2.28. The molecule has 0 N–H and O–H groups in total.